The zero-order chi connectivity index (χ0) is 20.9. The Morgan fingerprint density at radius 1 is 1.27 bits per heavy atom. The number of nitrogens with zero attached hydrogens (tertiary/aromatic N) is 4. The van der Waals surface area contributed by atoms with Gasteiger partial charge < -0.3 is 20.6 Å². The van der Waals surface area contributed by atoms with E-state index in [0.717, 1.165) is 22.1 Å². The summed E-state index contributed by atoms with van der Waals surface area (Å²) in [5, 5.41) is 11.6. The Kier molecular flexibility index (Phi) is 6.25. The Bertz CT molecular complexity index is 1050. The molecule has 3 heterocycles. The standard InChI is InChI=1S/C21H24ClN7O/c1-14-11-25-20(26-12-16-4-2-3-7-24-16)21(30)29(14)9-8-23-13-19-17-10-15(22)5-6-18(17)27-28-19/h2-7,10-11,17-18,23,27H,8-9,12-13H2,1H3,(H,25,26). The molecule has 30 heavy (non-hydrogen) atoms. The first kappa shape index (κ1) is 20.3. The van der Waals surface area contributed by atoms with Crippen molar-refractivity contribution in [3.8, 4) is 0 Å². The lowest BCUT2D eigenvalue weighted by Gasteiger charge is -2.18. The number of rotatable bonds is 8. The lowest BCUT2D eigenvalue weighted by Crippen LogP contribution is -2.35. The number of fused-ring (bicyclic) bond motifs is 1. The number of aryl methyl sites for hydroxylation is 1. The van der Waals surface area contributed by atoms with Gasteiger partial charge in [0.2, 0.25) is 0 Å². The molecule has 0 spiro atoms. The summed E-state index contributed by atoms with van der Waals surface area (Å²) >= 11 is 6.12. The van der Waals surface area contributed by atoms with E-state index in [4.69, 9.17) is 11.6 Å². The highest BCUT2D eigenvalue weighted by Gasteiger charge is 2.29. The van der Waals surface area contributed by atoms with E-state index in [-0.39, 0.29) is 17.5 Å². The molecular weight excluding hydrogens is 402 g/mol. The fourth-order valence-corrected chi connectivity index (χ4v) is 3.73. The van der Waals surface area contributed by atoms with Gasteiger partial charge in [-0.2, -0.15) is 5.10 Å². The van der Waals surface area contributed by atoms with Gasteiger partial charge in [-0.15, -0.1) is 0 Å². The third kappa shape index (κ3) is 4.60. The summed E-state index contributed by atoms with van der Waals surface area (Å²) in [5.41, 5.74) is 5.66. The summed E-state index contributed by atoms with van der Waals surface area (Å²) in [6.45, 7) is 4.13. The minimum Gasteiger partial charge on any atom is -0.360 e. The van der Waals surface area contributed by atoms with E-state index in [9.17, 15) is 4.79 Å². The molecule has 1 aliphatic carbocycles. The largest absolute Gasteiger partial charge is 0.360 e. The SMILES string of the molecule is Cc1cnc(NCc2ccccn2)c(=O)n1CCNCC1=NNC2C=CC(Cl)=CC12. The highest BCUT2D eigenvalue weighted by molar-refractivity contribution is 6.31. The van der Waals surface area contributed by atoms with Gasteiger partial charge in [-0.1, -0.05) is 29.8 Å². The first-order valence-corrected chi connectivity index (χ1v) is 10.3. The minimum absolute atomic E-state index is 0.139. The number of hydrazone groups is 1. The molecule has 2 unspecified atom stereocenters. The van der Waals surface area contributed by atoms with E-state index in [1.54, 1.807) is 17.0 Å². The molecule has 0 fully saturated rings. The third-order valence-corrected chi connectivity index (χ3v) is 5.42. The predicted octanol–water partition coefficient (Wildman–Crippen LogP) is 1.78. The Hall–Kier alpha value is -2.97. The summed E-state index contributed by atoms with van der Waals surface area (Å²) in [4.78, 5) is 21.3. The van der Waals surface area contributed by atoms with Gasteiger partial charge in [-0.25, -0.2) is 4.98 Å². The monoisotopic (exact) mass is 425 g/mol. The lowest BCUT2D eigenvalue weighted by molar-refractivity contribution is 0.592. The van der Waals surface area contributed by atoms with Crippen molar-refractivity contribution in [2.45, 2.75) is 26.1 Å². The van der Waals surface area contributed by atoms with E-state index in [0.29, 0.717) is 32.0 Å². The zero-order valence-corrected chi connectivity index (χ0v) is 17.4. The Morgan fingerprint density at radius 2 is 2.17 bits per heavy atom. The molecule has 0 amide bonds. The smallest absolute Gasteiger partial charge is 0.293 e. The number of hydrogen-bond acceptors (Lipinski definition) is 7. The van der Waals surface area contributed by atoms with Crippen LogP contribution in [-0.4, -0.2) is 39.4 Å². The summed E-state index contributed by atoms with van der Waals surface area (Å²) in [6, 6.07) is 5.84. The molecule has 0 bridgehead atoms. The second kappa shape index (κ2) is 9.23. The maximum Gasteiger partial charge on any atom is 0.293 e. The molecular formula is C21H24ClN7O. The van der Waals surface area contributed by atoms with Crippen LogP contribution >= 0.6 is 11.6 Å². The molecule has 156 valence electrons. The molecule has 0 saturated carbocycles. The van der Waals surface area contributed by atoms with Crippen LogP contribution in [0.15, 0.2) is 63.7 Å². The molecule has 2 aromatic heterocycles. The highest BCUT2D eigenvalue weighted by Crippen LogP contribution is 2.24. The van der Waals surface area contributed by atoms with Crippen LogP contribution in [0.5, 0.6) is 0 Å². The van der Waals surface area contributed by atoms with Crippen LogP contribution in [0, 0.1) is 12.8 Å². The molecule has 1 aliphatic heterocycles. The molecule has 2 atom stereocenters. The van der Waals surface area contributed by atoms with E-state index in [1.165, 1.54) is 0 Å². The van der Waals surface area contributed by atoms with Gasteiger partial charge in [-0.3, -0.25) is 9.78 Å². The Labute approximate surface area is 179 Å². The molecule has 0 aromatic carbocycles. The van der Waals surface area contributed by atoms with Gasteiger partial charge in [0.1, 0.15) is 0 Å². The van der Waals surface area contributed by atoms with E-state index >= 15 is 0 Å². The average molecular weight is 426 g/mol. The van der Waals surface area contributed by atoms with Crippen LogP contribution in [0.4, 0.5) is 5.82 Å². The van der Waals surface area contributed by atoms with Gasteiger partial charge >= 0.3 is 0 Å². The maximum absolute atomic E-state index is 12.8. The first-order chi connectivity index (χ1) is 14.6. The normalized spacial score (nSPS) is 19.7. The van der Waals surface area contributed by atoms with Crippen molar-refractivity contribution < 1.29 is 0 Å². The Balaban J connectivity index is 1.32. The van der Waals surface area contributed by atoms with Crippen LogP contribution in [0.1, 0.15) is 11.4 Å². The number of hydrogen-bond donors (Lipinski definition) is 3. The molecule has 9 heteroatoms. The zero-order valence-electron chi connectivity index (χ0n) is 16.7. The summed E-state index contributed by atoms with van der Waals surface area (Å²) in [7, 11) is 0. The number of halogens is 1. The van der Waals surface area contributed by atoms with Crippen molar-refractivity contribution in [1.82, 2.24) is 25.3 Å². The quantitative estimate of drug-likeness (QED) is 0.558. The van der Waals surface area contributed by atoms with E-state index in [1.807, 2.05) is 43.4 Å². The molecule has 0 saturated heterocycles. The highest BCUT2D eigenvalue weighted by atomic mass is 35.5. The Morgan fingerprint density at radius 3 is 3.00 bits per heavy atom. The summed E-state index contributed by atoms with van der Waals surface area (Å²) in [5.74, 6) is 0.495. The number of aromatic nitrogens is 3. The first-order valence-electron chi connectivity index (χ1n) is 9.90. The van der Waals surface area contributed by atoms with Crippen LogP contribution < -0.4 is 21.6 Å². The van der Waals surface area contributed by atoms with Crippen molar-refractivity contribution >= 4 is 23.1 Å². The van der Waals surface area contributed by atoms with Crippen molar-refractivity contribution in [3.05, 3.63) is 75.6 Å². The van der Waals surface area contributed by atoms with E-state index < -0.39 is 0 Å². The van der Waals surface area contributed by atoms with Crippen LogP contribution in [0.25, 0.3) is 0 Å². The van der Waals surface area contributed by atoms with Crippen molar-refractivity contribution in [3.63, 3.8) is 0 Å². The number of nitrogens with one attached hydrogen (secondary N) is 3. The maximum atomic E-state index is 12.8. The van der Waals surface area contributed by atoms with E-state index in [2.05, 4.69) is 31.1 Å². The van der Waals surface area contributed by atoms with Gasteiger partial charge in [0.05, 0.1) is 24.0 Å². The van der Waals surface area contributed by atoms with Gasteiger partial charge in [0.15, 0.2) is 5.82 Å². The van der Waals surface area contributed by atoms with Crippen molar-refractivity contribution in [1.29, 1.82) is 0 Å². The molecule has 4 rings (SSSR count). The molecule has 3 N–H and O–H groups in total. The van der Waals surface area contributed by atoms with Gasteiger partial charge in [-0.05, 0) is 25.1 Å². The predicted molar refractivity (Wildman–Crippen MR) is 119 cm³/mol. The van der Waals surface area contributed by atoms with Crippen molar-refractivity contribution in [2.75, 3.05) is 18.4 Å². The second-order valence-corrected chi connectivity index (χ2v) is 7.69. The fourth-order valence-electron chi connectivity index (χ4n) is 3.52. The van der Waals surface area contributed by atoms with Crippen LogP contribution in [0.3, 0.4) is 0 Å². The molecule has 2 aromatic rings. The van der Waals surface area contributed by atoms with Crippen LogP contribution in [0.2, 0.25) is 0 Å². The third-order valence-electron chi connectivity index (χ3n) is 5.17. The molecule has 8 nitrogen and oxygen atoms in total. The molecule has 0 radical (unpaired) electrons. The van der Waals surface area contributed by atoms with Gasteiger partial charge in [0.25, 0.3) is 5.56 Å². The topological polar surface area (TPSA) is 96.2 Å². The summed E-state index contributed by atoms with van der Waals surface area (Å²) < 4.78 is 1.72. The number of anilines is 1. The summed E-state index contributed by atoms with van der Waals surface area (Å²) in [6.07, 6.45) is 9.37. The van der Waals surface area contributed by atoms with Crippen LogP contribution in [-0.2, 0) is 13.1 Å². The van der Waals surface area contributed by atoms with Gasteiger partial charge in [0, 0.05) is 48.7 Å². The minimum atomic E-state index is -0.139. The molecule has 2 aliphatic rings. The fraction of sp³-hybridized carbons (Fsp3) is 0.333. The lowest BCUT2D eigenvalue weighted by atomic mass is 9.92. The number of allylic oxidation sites excluding steroid dienone is 2. The van der Waals surface area contributed by atoms with Crippen molar-refractivity contribution in [2.24, 2.45) is 11.0 Å². The average Bonchev–Trinajstić information content (AvgIpc) is 3.15. The second-order valence-electron chi connectivity index (χ2n) is 7.25. The number of pyridine rings is 1.